The molecule has 2 N–H and O–H groups in total. The van der Waals surface area contributed by atoms with Crippen LogP contribution in [0.25, 0.3) is 0 Å². The van der Waals surface area contributed by atoms with Gasteiger partial charge in [-0.2, -0.15) is 0 Å². The molecule has 0 spiro atoms. The number of nitrogens with zero attached hydrogens (tertiary/aromatic N) is 1. The molecule has 0 saturated heterocycles. The fourth-order valence-corrected chi connectivity index (χ4v) is 2.23. The summed E-state index contributed by atoms with van der Waals surface area (Å²) < 4.78 is 0. The number of benzene rings is 2. The van der Waals surface area contributed by atoms with Crippen LogP contribution in [0.1, 0.15) is 16.7 Å². The average molecular weight is 315 g/mol. The van der Waals surface area contributed by atoms with Gasteiger partial charge in [0.05, 0.1) is 4.92 Å². The summed E-state index contributed by atoms with van der Waals surface area (Å²) in [5.41, 5.74) is 4.51. The van der Waals surface area contributed by atoms with Gasteiger partial charge in [-0.15, -0.1) is 0 Å². The van der Waals surface area contributed by atoms with Crippen molar-refractivity contribution in [1.82, 2.24) is 0 Å². The number of aryl methyl sites for hydroxylation is 3. The summed E-state index contributed by atoms with van der Waals surface area (Å²) in [6.45, 7) is 5.77. The van der Waals surface area contributed by atoms with E-state index >= 15 is 0 Å². The molecular formula is C16H17N3O2S. The van der Waals surface area contributed by atoms with E-state index in [9.17, 15) is 10.1 Å². The van der Waals surface area contributed by atoms with Crippen molar-refractivity contribution in [3.05, 3.63) is 63.2 Å². The lowest BCUT2D eigenvalue weighted by Crippen LogP contribution is -2.19. The molecule has 0 aromatic heterocycles. The van der Waals surface area contributed by atoms with E-state index in [0.717, 1.165) is 5.69 Å². The predicted octanol–water partition coefficient (Wildman–Crippen LogP) is 4.33. The fraction of sp³-hybridized carbons (Fsp3) is 0.188. The molecule has 0 bridgehead atoms. The number of nitrogens with one attached hydrogen (secondary N) is 2. The van der Waals surface area contributed by atoms with Gasteiger partial charge < -0.3 is 10.6 Å². The predicted molar refractivity (Wildman–Crippen MR) is 93.6 cm³/mol. The van der Waals surface area contributed by atoms with Crippen LogP contribution in [-0.2, 0) is 0 Å². The Hall–Kier alpha value is -2.47. The quantitative estimate of drug-likeness (QED) is 0.501. The molecule has 2 aromatic carbocycles. The van der Waals surface area contributed by atoms with E-state index in [1.54, 1.807) is 19.1 Å². The fourth-order valence-electron chi connectivity index (χ4n) is 2.00. The summed E-state index contributed by atoms with van der Waals surface area (Å²) in [5.74, 6) is 0. The van der Waals surface area contributed by atoms with Crippen molar-refractivity contribution in [2.24, 2.45) is 0 Å². The minimum absolute atomic E-state index is 0.0685. The maximum atomic E-state index is 10.9. The Morgan fingerprint density at radius 2 is 1.50 bits per heavy atom. The minimum Gasteiger partial charge on any atom is -0.332 e. The van der Waals surface area contributed by atoms with Crippen molar-refractivity contribution >= 4 is 34.4 Å². The summed E-state index contributed by atoms with van der Waals surface area (Å²) in [5, 5.41) is 17.4. The molecule has 0 unspecified atom stereocenters. The zero-order chi connectivity index (χ0) is 16.3. The second-order valence-corrected chi connectivity index (χ2v) is 5.54. The van der Waals surface area contributed by atoms with E-state index in [4.69, 9.17) is 12.2 Å². The van der Waals surface area contributed by atoms with Crippen LogP contribution in [-0.4, -0.2) is 10.0 Å². The first-order valence-electron chi connectivity index (χ1n) is 6.77. The smallest absolute Gasteiger partial charge is 0.274 e. The van der Waals surface area contributed by atoms with Crippen molar-refractivity contribution < 1.29 is 4.92 Å². The van der Waals surface area contributed by atoms with Crippen molar-refractivity contribution in [2.45, 2.75) is 20.8 Å². The van der Waals surface area contributed by atoms with Crippen molar-refractivity contribution in [1.29, 1.82) is 0 Å². The summed E-state index contributed by atoms with van der Waals surface area (Å²) in [6.07, 6.45) is 0. The third-order valence-electron chi connectivity index (χ3n) is 3.43. The average Bonchev–Trinajstić information content (AvgIpc) is 2.44. The van der Waals surface area contributed by atoms with E-state index in [0.29, 0.717) is 16.4 Å². The number of rotatable bonds is 3. The van der Waals surface area contributed by atoms with Gasteiger partial charge in [0.2, 0.25) is 0 Å². The molecule has 6 heteroatoms. The number of anilines is 2. The van der Waals surface area contributed by atoms with Crippen molar-refractivity contribution in [2.75, 3.05) is 10.6 Å². The summed E-state index contributed by atoms with van der Waals surface area (Å²) in [4.78, 5) is 10.5. The third kappa shape index (κ3) is 3.79. The van der Waals surface area contributed by atoms with E-state index < -0.39 is 4.92 Å². The molecule has 2 rings (SSSR count). The number of nitro benzene ring substituents is 1. The minimum atomic E-state index is -0.402. The number of hydrogen-bond donors (Lipinski definition) is 2. The highest BCUT2D eigenvalue weighted by molar-refractivity contribution is 7.80. The molecule has 22 heavy (non-hydrogen) atoms. The molecule has 0 fully saturated rings. The number of nitro groups is 1. The van der Waals surface area contributed by atoms with Crippen LogP contribution < -0.4 is 10.6 Å². The highest BCUT2D eigenvalue weighted by Crippen LogP contribution is 2.22. The first-order chi connectivity index (χ1) is 10.4. The van der Waals surface area contributed by atoms with Crippen LogP contribution in [0.15, 0.2) is 36.4 Å². The Labute approximate surface area is 134 Å². The largest absolute Gasteiger partial charge is 0.332 e. The van der Waals surface area contributed by atoms with Gasteiger partial charge in [-0.1, -0.05) is 12.1 Å². The molecule has 0 heterocycles. The zero-order valence-corrected chi connectivity index (χ0v) is 13.5. The molecule has 0 aliphatic carbocycles. The molecule has 2 aromatic rings. The number of thiocarbonyl (C=S) groups is 1. The molecule has 0 radical (unpaired) electrons. The van der Waals surface area contributed by atoms with Crippen LogP contribution in [0.3, 0.4) is 0 Å². The molecule has 5 nitrogen and oxygen atoms in total. The Balaban J connectivity index is 2.10. The van der Waals surface area contributed by atoms with Gasteiger partial charge >= 0.3 is 0 Å². The number of hydrogen-bond acceptors (Lipinski definition) is 3. The van der Waals surface area contributed by atoms with Gasteiger partial charge in [0.15, 0.2) is 5.11 Å². The molecule has 0 aliphatic rings. The Morgan fingerprint density at radius 3 is 2.05 bits per heavy atom. The highest BCUT2D eigenvalue weighted by atomic mass is 32.1. The van der Waals surface area contributed by atoms with Crippen LogP contribution in [0.2, 0.25) is 0 Å². The first kappa shape index (κ1) is 15.9. The molecule has 0 saturated carbocycles. The lowest BCUT2D eigenvalue weighted by molar-refractivity contribution is -0.385. The van der Waals surface area contributed by atoms with Gasteiger partial charge in [-0.25, -0.2) is 0 Å². The first-order valence-corrected chi connectivity index (χ1v) is 7.18. The van der Waals surface area contributed by atoms with Gasteiger partial charge in [0, 0.05) is 23.0 Å². The van der Waals surface area contributed by atoms with E-state index in [1.165, 1.54) is 17.2 Å². The second kappa shape index (κ2) is 6.53. The zero-order valence-electron chi connectivity index (χ0n) is 12.6. The SMILES string of the molecule is Cc1ccc(NC(=S)Nc2ccc(C)c([N+](=O)[O-])c2)cc1C. The summed E-state index contributed by atoms with van der Waals surface area (Å²) in [7, 11) is 0. The Morgan fingerprint density at radius 1 is 0.955 bits per heavy atom. The third-order valence-corrected chi connectivity index (χ3v) is 3.63. The van der Waals surface area contributed by atoms with Gasteiger partial charge in [-0.05, 0) is 62.3 Å². The van der Waals surface area contributed by atoms with Crippen LogP contribution in [0.4, 0.5) is 17.1 Å². The molecular weight excluding hydrogens is 298 g/mol. The highest BCUT2D eigenvalue weighted by Gasteiger charge is 2.11. The van der Waals surface area contributed by atoms with Crippen molar-refractivity contribution in [3.63, 3.8) is 0 Å². The van der Waals surface area contributed by atoms with Crippen LogP contribution >= 0.6 is 12.2 Å². The standard InChI is InChI=1S/C16H17N3O2S/c1-10-4-6-13(8-12(10)3)17-16(22)18-14-7-5-11(2)15(9-14)19(20)21/h4-9H,1-3H3,(H2,17,18,22). The van der Waals surface area contributed by atoms with Crippen LogP contribution in [0, 0.1) is 30.9 Å². The maximum Gasteiger partial charge on any atom is 0.274 e. The van der Waals surface area contributed by atoms with Gasteiger partial charge in [-0.3, -0.25) is 10.1 Å². The van der Waals surface area contributed by atoms with Crippen molar-refractivity contribution in [3.8, 4) is 0 Å². The Bertz CT molecular complexity index is 744. The van der Waals surface area contributed by atoms with E-state index in [1.807, 2.05) is 32.0 Å². The normalized spacial score (nSPS) is 10.1. The van der Waals surface area contributed by atoms with E-state index in [-0.39, 0.29) is 5.69 Å². The molecule has 0 atom stereocenters. The van der Waals surface area contributed by atoms with Gasteiger partial charge in [0.25, 0.3) is 5.69 Å². The lowest BCUT2D eigenvalue weighted by Gasteiger charge is -2.12. The molecule has 114 valence electrons. The monoisotopic (exact) mass is 315 g/mol. The second-order valence-electron chi connectivity index (χ2n) is 5.14. The molecule has 0 aliphatic heterocycles. The molecule has 0 amide bonds. The van der Waals surface area contributed by atoms with E-state index in [2.05, 4.69) is 10.6 Å². The Kier molecular flexibility index (Phi) is 4.72. The summed E-state index contributed by atoms with van der Waals surface area (Å²) >= 11 is 5.24. The summed E-state index contributed by atoms with van der Waals surface area (Å²) in [6, 6.07) is 10.9. The maximum absolute atomic E-state index is 10.9. The lowest BCUT2D eigenvalue weighted by atomic mass is 10.1. The van der Waals surface area contributed by atoms with Gasteiger partial charge in [0.1, 0.15) is 0 Å². The topological polar surface area (TPSA) is 67.2 Å². The van der Waals surface area contributed by atoms with Crippen LogP contribution in [0.5, 0.6) is 0 Å².